The van der Waals surface area contributed by atoms with E-state index in [9.17, 15) is 9.59 Å². The molecule has 162 valence electrons. The molecule has 0 bridgehead atoms. The van der Waals surface area contributed by atoms with Crippen LogP contribution in [0.4, 0.5) is 0 Å². The van der Waals surface area contributed by atoms with Crippen LogP contribution in [0.1, 0.15) is 38.1 Å². The Morgan fingerprint density at radius 3 is 2.68 bits per heavy atom. The highest BCUT2D eigenvalue weighted by atomic mass is 79.9. The van der Waals surface area contributed by atoms with E-state index in [1.165, 1.54) is 18.7 Å². The number of carbonyl (C=O) groups is 1. The van der Waals surface area contributed by atoms with Gasteiger partial charge in [-0.2, -0.15) is 9.78 Å². The van der Waals surface area contributed by atoms with E-state index in [0.717, 1.165) is 17.3 Å². The molecule has 0 saturated heterocycles. The molecule has 3 rings (SSSR count). The second kappa shape index (κ2) is 10.2. The zero-order chi connectivity index (χ0) is 22.5. The van der Waals surface area contributed by atoms with E-state index in [-0.39, 0.29) is 11.3 Å². The smallest absolute Gasteiger partial charge is 0.308 e. The zero-order valence-electron chi connectivity index (χ0n) is 17.3. The molecule has 1 heterocycles. The number of unbranched alkanes of at least 4 members (excludes halogenated alkanes) is 1. The largest absolute Gasteiger partial charge is 0.493 e. The molecule has 2 aromatic carbocycles. The molecule has 0 aliphatic rings. The summed E-state index contributed by atoms with van der Waals surface area (Å²) in [6.45, 7) is 3.40. The van der Waals surface area contributed by atoms with Crippen molar-refractivity contribution >= 4 is 54.9 Å². The Labute approximate surface area is 196 Å². The summed E-state index contributed by atoms with van der Waals surface area (Å²) in [6, 6.07) is 8.72. The Kier molecular flexibility index (Phi) is 7.61. The lowest BCUT2D eigenvalue weighted by Crippen LogP contribution is -2.22. The van der Waals surface area contributed by atoms with Crippen molar-refractivity contribution in [1.29, 1.82) is 0 Å². The molecule has 31 heavy (non-hydrogen) atoms. The summed E-state index contributed by atoms with van der Waals surface area (Å²) in [5.41, 5.74) is 1.04. The number of hydrogen-bond donors (Lipinski definition) is 0. The number of rotatable bonds is 7. The number of carbonyl (C=O) groups excluding carboxylic acids is 1. The third kappa shape index (κ3) is 5.40. The van der Waals surface area contributed by atoms with Crippen molar-refractivity contribution in [3.8, 4) is 11.5 Å². The molecule has 3 aromatic rings. The topological polar surface area (TPSA) is 82.8 Å². The lowest BCUT2D eigenvalue weighted by Gasteiger charge is -2.11. The van der Waals surface area contributed by atoms with Gasteiger partial charge in [-0.3, -0.25) is 9.59 Å². The normalized spacial score (nSPS) is 11.3. The fourth-order valence-corrected chi connectivity index (χ4v) is 3.76. The molecular formula is C22H21Br2N3O4. The summed E-state index contributed by atoms with van der Waals surface area (Å²) in [7, 11) is 1.48. The van der Waals surface area contributed by atoms with Crippen LogP contribution in [0, 0.1) is 0 Å². The molecule has 0 radical (unpaired) electrons. The minimum Gasteiger partial charge on any atom is -0.493 e. The highest BCUT2D eigenvalue weighted by Crippen LogP contribution is 2.33. The van der Waals surface area contributed by atoms with Crippen molar-refractivity contribution in [1.82, 2.24) is 9.66 Å². The van der Waals surface area contributed by atoms with Crippen molar-refractivity contribution in [3.63, 3.8) is 0 Å². The van der Waals surface area contributed by atoms with E-state index in [1.54, 1.807) is 24.4 Å². The number of esters is 1. The fourth-order valence-electron chi connectivity index (χ4n) is 2.97. The SMILES string of the molecule is CCCCc1nc2ccc(Br)cc2c(=O)n1N=Cc1cc(OC)c(OC(C)=O)cc1Br. The van der Waals surface area contributed by atoms with Crippen LogP contribution in [-0.4, -0.2) is 29.0 Å². The molecular weight excluding hydrogens is 530 g/mol. The number of ether oxygens (including phenoxy) is 2. The van der Waals surface area contributed by atoms with Gasteiger partial charge >= 0.3 is 5.97 Å². The van der Waals surface area contributed by atoms with Crippen LogP contribution in [0.2, 0.25) is 0 Å². The number of hydrogen-bond acceptors (Lipinski definition) is 6. The second-order valence-electron chi connectivity index (χ2n) is 6.77. The summed E-state index contributed by atoms with van der Waals surface area (Å²) >= 11 is 6.86. The Bertz CT molecular complexity index is 1220. The lowest BCUT2D eigenvalue weighted by molar-refractivity contribution is -0.132. The maximum atomic E-state index is 13.2. The number of fused-ring (bicyclic) bond motifs is 1. The lowest BCUT2D eigenvalue weighted by atomic mass is 10.2. The number of benzene rings is 2. The maximum absolute atomic E-state index is 13.2. The maximum Gasteiger partial charge on any atom is 0.308 e. The summed E-state index contributed by atoms with van der Waals surface area (Å²) in [4.78, 5) is 29.1. The summed E-state index contributed by atoms with van der Waals surface area (Å²) in [6.07, 6.45) is 4.04. The van der Waals surface area contributed by atoms with Gasteiger partial charge in [-0.1, -0.05) is 29.3 Å². The Morgan fingerprint density at radius 1 is 1.23 bits per heavy atom. The molecule has 0 amide bonds. The van der Waals surface area contributed by atoms with Gasteiger partial charge in [0.25, 0.3) is 5.56 Å². The Balaban J connectivity index is 2.10. The van der Waals surface area contributed by atoms with Gasteiger partial charge in [0.05, 0.1) is 24.2 Å². The first-order valence-electron chi connectivity index (χ1n) is 9.65. The number of methoxy groups -OCH3 is 1. The van der Waals surface area contributed by atoms with Crippen molar-refractivity contribution < 1.29 is 14.3 Å². The predicted octanol–water partition coefficient (Wildman–Crippen LogP) is 5.08. The zero-order valence-corrected chi connectivity index (χ0v) is 20.5. The van der Waals surface area contributed by atoms with Gasteiger partial charge in [-0.25, -0.2) is 4.98 Å². The standard InChI is InChI=1S/C22H21Br2N3O4/c1-4-5-6-21-26-18-8-7-15(23)10-16(18)22(29)27(21)25-12-14-9-19(30-3)20(11-17(14)24)31-13(2)28/h7-12H,4-6H2,1-3H3. The van der Waals surface area contributed by atoms with Gasteiger partial charge < -0.3 is 9.47 Å². The van der Waals surface area contributed by atoms with Crippen LogP contribution in [0.15, 0.2) is 49.2 Å². The average Bonchev–Trinajstić information content (AvgIpc) is 2.73. The number of halogens is 2. The van der Waals surface area contributed by atoms with Gasteiger partial charge in [0, 0.05) is 27.9 Å². The van der Waals surface area contributed by atoms with Crippen molar-refractivity contribution in [2.75, 3.05) is 7.11 Å². The first-order chi connectivity index (χ1) is 14.8. The first-order valence-corrected chi connectivity index (χ1v) is 11.2. The monoisotopic (exact) mass is 549 g/mol. The summed E-state index contributed by atoms with van der Waals surface area (Å²) in [5, 5.41) is 4.92. The van der Waals surface area contributed by atoms with Crippen molar-refractivity contribution in [2.24, 2.45) is 5.10 Å². The van der Waals surface area contributed by atoms with Crippen LogP contribution in [0.3, 0.4) is 0 Å². The number of aryl methyl sites for hydroxylation is 1. The molecule has 0 N–H and O–H groups in total. The fraction of sp³-hybridized carbons (Fsp3) is 0.273. The molecule has 7 nitrogen and oxygen atoms in total. The van der Waals surface area contributed by atoms with Gasteiger partial charge in [-0.05, 0) is 52.7 Å². The van der Waals surface area contributed by atoms with Crippen LogP contribution < -0.4 is 15.0 Å². The van der Waals surface area contributed by atoms with E-state index in [2.05, 4.69) is 48.9 Å². The highest BCUT2D eigenvalue weighted by Gasteiger charge is 2.13. The minimum absolute atomic E-state index is 0.242. The first kappa shape index (κ1) is 23.1. The molecule has 0 aliphatic carbocycles. The highest BCUT2D eigenvalue weighted by molar-refractivity contribution is 9.10. The van der Waals surface area contributed by atoms with E-state index in [4.69, 9.17) is 9.47 Å². The summed E-state index contributed by atoms with van der Waals surface area (Å²) in [5.74, 6) is 0.806. The van der Waals surface area contributed by atoms with E-state index >= 15 is 0 Å². The molecule has 1 aromatic heterocycles. The quantitative estimate of drug-likeness (QED) is 0.233. The third-order valence-electron chi connectivity index (χ3n) is 4.48. The Hall–Kier alpha value is -2.52. The molecule has 0 aliphatic heterocycles. The minimum atomic E-state index is -0.452. The average molecular weight is 551 g/mol. The molecule has 0 saturated carbocycles. The molecule has 9 heteroatoms. The van der Waals surface area contributed by atoms with E-state index in [0.29, 0.717) is 38.9 Å². The van der Waals surface area contributed by atoms with Gasteiger partial charge in [0.1, 0.15) is 5.82 Å². The van der Waals surface area contributed by atoms with Crippen LogP contribution in [0.5, 0.6) is 11.5 Å². The van der Waals surface area contributed by atoms with Crippen molar-refractivity contribution in [2.45, 2.75) is 33.1 Å². The summed E-state index contributed by atoms with van der Waals surface area (Å²) < 4.78 is 13.3. The van der Waals surface area contributed by atoms with Crippen molar-refractivity contribution in [3.05, 3.63) is 61.0 Å². The van der Waals surface area contributed by atoms with Gasteiger partial charge in [0.15, 0.2) is 11.5 Å². The second-order valence-corrected chi connectivity index (χ2v) is 8.54. The van der Waals surface area contributed by atoms with E-state index in [1.807, 2.05) is 12.1 Å². The number of nitrogens with zero attached hydrogens (tertiary/aromatic N) is 3. The van der Waals surface area contributed by atoms with Crippen LogP contribution in [-0.2, 0) is 11.2 Å². The molecule has 0 spiro atoms. The Morgan fingerprint density at radius 2 is 2.00 bits per heavy atom. The predicted molar refractivity (Wildman–Crippen MR) is 127 cm³/mol. The molecule has 0 fully saturated rings. The third-order valence-corrected chi connectivity index (χ3v) is 5.66. The van der Waals surface area contributed by atoms with Crippen LogP contribution >= 0.6 is 31.9 Å². The molecule has 0 atom stereocenters. The number of aromatic nitrogens is 2. The van der Waals surface area contributed by atoms with E-state index < -0.39 is 5.97 Å². The van der Waals surface area contributed by atoms with Gasteiger partial charge in [0.2, 0.25) is 0 Å². The van der Waals surface area contributed by atoms with Gasteiger partial charge in [-0.15, -0.1) is 0 Å². The molecule has 0 unspecified atom stereocenters. The van der Waals surface area contributed by atoms with Crippen LogP contribution in [0.25, 0.3) is 10.9 Å².